The van der Waals surface area contributed by atoms with Crippen molar-refractivity contribution in [2.24, 2.45) is 0 Å². The molecule has 0 aliphatic rings. The second kappa shape index (κ2) is 43.9. The Bertz CT molecular complexity index is 1330. The van der Waals surface area contributed by atoms with E-state index >= 15 is 0 Å². The van der Waals surface area contributed by atoms with E-state index in [4.69, 9.17) is 14.2 Å². The molecule has 8 nitrogen and oxygen atoms in total. The number of rotatable bonds is 42. The summed E-state index contributed by atoms with van der Waals surface area (Å²) in [6.45, 7) is 4.54. The predicted octanol–water partition coefficient (Wildman–Crippen LogP) is 13.9. The number of nitrogens with zero attached hydrogens (tertiary/aromatic N) is 1. The topological polar surface area (TPSA) is 99.1 Å². The fourth-order valence-corrected chi connectivity index (χ4v) is 6.50. The SMILES string of the molecule is CC/C=C/C/C=C/C/C=C/C/C=C/C/C=C/C/C=C/CCCCCCC(=O)OCC(COCCC(C(=O)O)[N+](C)(C)C)OC(=O)CCCCCCCC/C=C/C=C/CCCCC. The van der Waals surface area contributed by atoms with Gasteiger partial charge in [0.2, 0.25) is 0 Å². The van der Waals surface area contributed by atoms with E-state index in [2.05, 4.69) is 111 Å². The van der Waals surface area contributed by atoms with Gasteiger partial charge in [-0.15, -0.1) is 0 Å². The predicted molar refractivity (Wildman–Crippen MR) is 261 cm³/mol. The Morgan fingerprint density at radius 2 is 0.952 bits per heavy atom. The van der Waals surface area contributed by atoms with Crippen LogP contribution in [0, 0.1) is 0 Å². The van der Waals surface area contributed by atoms with E-state index in [1.165, 1.54) is 32.1 Å². The van der Waals surface area contributed by atoms with E-state index in [0.29, 0.717) is 19.3 Å². The van der Waals surface area contributed by atoms with Gasteiger partial charge in [-0.3, -0.25) is 9.59 Å². The lowest BCUT2D eigenvalue weighted by Gasteiger charge is -2.31. The number of quaternary nitrogens is 1. The second-order valence-corrected chi connectivity index (χ2v) is 17.0. The highest BCUT2D eigenvalue weighted by molar-refractivity contribution is 5.72. The summed E-state index contributed by atoms with van der Waals surface area (Å²) in [6.07, 6.45) is 58.8. The first-order valence-electron chi connectivity index (χ1n) is 24.3. The maximum absolute atomic E-state index is 12.8. The maximum atomic E-state index is 12.8. The molecule has 0 saturated carbocycles. The zero-order valence-corrected chi connectivity index (χ0v) is 40.0. The van der Waals surface area contributed by atoms with Crippen LogP contribution in [0.3, 0.4) is 0 Å². The first-order valence-corrected chi connectivity index (χ1v) is 24.3. The molecular formula is C54H90NO7+. The number of hydrogen-bond acceptors (Lipinski definition) is 6. The molecule has 2 unspecified atom stereocenters. The van der Waals surface area contributed by atoms with Crippen LogP contribution >= 0.6 is 0 Å². The maximum Gasteiger partial charge on any atom is 0.362 e. The van der Waals surface area contributed by atoms with Crippen molar-refractivity contribution in [2.45, 2.75) is 187 Å². The molecule has 0 aliphatic heterocycles. The molecule has 1 N–H and O–H groups in total. The van der Waals surface area contributed by atoms with Crippen LogP contribution in [0.2, 0.25) is 0 Å². The molecule has 352 valence electrons. The molecule has 0 aliphatic carbocycles. The standard InChI is InChI=1S/C54H89NO7/c1-6-8-10-12-14-16-18-20-22-23-24-25-26-27-28-29-31-32-34-36-38-40-42-44-52(56)61-49-50(48-60-47-46-51(54(58)59)55(3,4)5)62-53(57)45-43-41-39-37-35-33-30-21-19-17-15-13-11-9-7-2/h8,10,14-17,19-22,24-25,27-28,31-32,50-51H,6-7,9,11-13,18,23,26,29-30,33-49H2,1-5H3/p+1/b10-8+,16-14+,17-15+,21-19+,22-20+,25-24+,28-27+,32-31+. The van der Waals surface area contributed by atoms with Crippen LogP contribution in [-0.2, 0) is 28.6 Å². The number of unbranched alkanes of at least 4 members (excludes halogenated alkanes) is 13. The Labute approximate surface area is 379 Å². The molecular weight excluding hydrogens is 775 g/mol. The summed E-state index contributed by atoms with van der Waals surface area (Å²) in [4.78, 5) is 37.1. The normalized spacial score (nSPS) is 13.8. The molecule has 0 heterocycles. The largest absolute Gasteiger partial charge is 0.477 e. The minimum atomic E-state index is -0.885. The molecule has 0 bridgehead atoms. The third-order valence-corrected chi connectivity index (χ3v) is 10.2. The van der Waals surface area contributed by atoms with Crippen LogP contribution in [0.1, 0.15) is 174 Å². The smallest absolute Gasteiger partial charge is 0.362 e. The lowest BCUT2D eigenvalue weighted by Crippen LogP contribution is -2.50. The molecule has 2 atom stereocenters. The Morgan fingerprint density at radius 3 is 1.44 bits per heavy atom. The monoisotopic (exact) mass is 865 g/mol. The Morgan fingerprint density at radius 1 is 0.516 bits per heavy atom. The fourth-order valence-electron chi connectivity index (χ4n) is 6.50. The fraction of sp³-hybridized carbons (Fsp3) is 0.648. The molecule has 0 aromatic rings. The van der Waals surface area contributed by atoms with Crippen LogP contribution in [-0.4, -0.2) is 80.6 Å². The van der Waals surface area contributed by atoms with Crippen molar-refractivity contribution in [2.75, 3.05) is 41.0 Å². The van der Waals surface area contributed by atoms with Crippen molar-refractivity contribution in [3.05, 3.63) is 97.2 Å². The number of carbonyl (C=O) groups excluding carboxylic acids is 2. The van der Waals surface area contributed by atoms with E-state index in [-0.39, 0.29) is 36.2 Å². The van der Waals surface area contributed by atoms with Crippen LogP contribution < -0.4 is 0 Å². The highest BCUT2D eigenvalue weighted by atomic mass is 16.6. The van der Waals surface area contributed by atoms with Gasteiger partial charge in [-0.25, -0.2) is 4.79 Å². The third kappa shape index (κ3) is 41.6. The van der Waals surface area contributed by atoms with E-state index < -0.39 is 18.1 Å². The molecule has 62 heavy (non-hydrogen) atoms. The Balaban J connectivity index is 4.36. The van der Waals surface area contributed by atoms with Crippen molar-refractivity contribution < 1.29 is 38.2 Å². The van der Waals surface area contributed by atoms with E-state index in [1.54, 1.807) is 0 Å². The number of aliphatic carboxylic acids is 1. The number of carboxylic acid groups (broad SMARTS) is 1. The molecule has 0 fully saturated rings. The summed E-state index contributed by atoms with van der Waals surface area (Å²) >= 11 is 0. The van der Waals surface area contributed by atoms with Gasteiger partial charge in [0.05, 0.1) is 34.4 Å². The zero-order valence-electron chi connectivity index (χ0n) is 40.0. The van der Waals surface area contributed by atoms with Crippen LogP contribution in [0.5, 0.6) is 0 Å². The van der Waals surface area contributed by atoms with Gasteiger partial charge in [0.1, 0.15) is 6.61 Å². The lowest BCUT2D eigenvalue weighted by atomic mass is 10.1. The summed E-state index contributed by atoms with van der Waals surface area (Å²) in [7, 11) is 5.51. The van der Waals surface area contributed by atoms with E-state index in [1.807, 2.05) is 21.1 Å². The van der Waals surface area contributed by atoms with Gasteiger partial charge in [0.15, 0.2) is 12.1 Å². The summed E-state index contributed by atoms with van der Waals surface area (Å²) < 4.78 is 17.3. The number of esters is 2. The minimum Gasteiger partial charge on any atom is -0.477 e. The summed E-state index contributed by atoms with van der Waals surface area (Å²) in [5.41, 5.74) is 0. The van der Waals surface area contributed by atoms with Crippen molar-refractivity contribution in [3.8, 4) is 0 Å². The number of hydrogen-bond donors (Lipinski definition) is 1. The number of ether oxygens (including phenoxy) is 3. The van der Waals surface area contributed by atoms with E-state index in [9.17, 15) is 19.5 Å². The molecule has 0 spiro atoms. The number of likely N-dealkylation sites (N-methyl/N-ethyl adjacent to an activating group) is 1. The summed E-state index contributed by atoms with van der Waals surface area (Å²) in [5.74, 6) is -1.53. The third-order valence-electron chi connectivity index (χ3n) is 10.2. The van der Waals surface area contributed by atoms with Crippen molar-refractivity contribution in [3.63, 3.8) is 0 Å². The molecule has 0 amide bonds. The van der Waals surface area contributed by atoms with Crippen molar-refractivity contribution in [1.82, 2.24) is 0 Å². The van der Waals surface area contributed by atoms with Gasteiger partial charge in [-0.2, -0.15) is 0 Å². The molecule has 0 radical (unpaired) electrons. The van der Waals surface area contributed by atoms with Crippen LogP contribution in [0.4, 0.5) is 0 Å². The van der Waals surface area contributed by atoms with Crippen molar-refractivity contribution >= 4 is 17.9 Å². The average Bonchev–Trinajstić information content (AvgIpc) is 3.23. The average molecular weight is 865 g/mol. The second-order valence-electron chi connectivity index (χ2n) is 17.0. The van der Waals surface area contributed by atoms with Gasteiger partial charge in [-0.05, 0) is 89.9 Å². The minimum absolute atomic E-state index is 0.0419. The highest BCUT2D eigenvalue weighted by Gasteiger charge is 2.31. The van der Waals surface area contributed by atoms with Gasteiger partial charge < -0.3 is 23.8 Å². The lowest BCUT2D eigenvalue weighted by molar-refractivity contribution is -0.887. The zero-order chi connectivity index (χ0) is 45.6. The Kier molecular flexibility index (Phi) is 41.2. The van der Waals surface area contributed by atoms with Gasteiger partial charge in [-0.1, -0.05) is 162 Å². The molecule has 0 aromatic heterocycles. The Hall–Kier alpha value is -3.75. The summed E-state index contributed by atoms with van der Waals surface area (Å²) in [6, 6.07) is -0.627. The highest BCUT2D eigenvalue weighted by Crippen LogP contribution is 2.13. The van der Waals surface area contributed by atoms with Crippen LogP contribution in [0.15, 0.2) is 97.2 Å². The van der Waals surface area contributed by atoms with Crippen LogP contribution in [0.25, 0.3) is 0 Å². The number of carboxylic acids is 1. The van der Waals surface area contributed by atoms with Gasteiger partial charge in [0, 0.05) is 19.3 Å². The van der Waals surface area contributed by atoms with Gasteiger partial charge >= 0.3 is 17.9 Å². The van der Waals surface area contributed by atoms with Gasteiger partial charge in [0.25, 0.3) is 0 Å². The molecule has 0 aromatic carbocycles. The van der Waals surface area contributed by atoms with E-state index in [0.717, 1.165) is 109 Å². The molecule has 0 saturated heterocycles. The number of carbonyl (C=O) groups is 3. The number of allylic oxidation sites excluding steroid dienone is 16. The van der Waals surface area contributed by atoms with Crippen molar-refractivity contribution in [1.29, 1.82) is 0 Å². The quantitative estimate of drug-likeness (QED) is 0.0214. The first kappa shape index (κ1) is 58.2. The first-order chi connectivity index (χ1) is 30.1. The summed E-state index contributed by atoms with van der Waals surface area (Å²) in [5, 5.41) is 9.64. The molecule has 0 rings (SSSR count). The molecule has 8 heteroatoms.